The number of hydrogen-bond donors (Lipinski definition) is 8. The van der Waals surface area contributed by atoms with E-state index < -0.39 is 57.1 Å². The van der Waals surface area contributed by atoms with E-state index in [0.29, 0.717) is 0 Å². The third-order valence-corrected chi connectivity index (χ3v) is 3.52. The van der Waals surface area contributed by atoms with E-state index >= 15 is 0 Å². The molecule has 0 aliphatic heterocycles. The predicted octanol–water partition coefficient (Wildman–Crippen LogP) is 1.62. The van der Waals surface area contributed by atoms with Crippen molar-refractivity contribution in [3.05, 3.63) is 11.1 Å². The summed E-state index contributed by atoms with van der Waals surface area (Å²) in [4.78, 5) is 0. The average molecular weight is 310 g/mol. The Hall–Kier alpha value is -3.16. The topological polar surface area (TPSA) is 162 Å². The number of rotatable bonds is 1. The van der Waals surface area contributed by atoms with Crippen molar-refractivity contribution < 1.29 is 40.9 Å². The Bertz CT molecular complexity index is 669. The van der Waals surface area contributed by atoms with Crippen LogP contribution in [0.3, 0.4) is 0 Å². The molecule has 0 fully saturated rings. The number of phenolic OH excluding ortho intramolecular Hbond substituents is 8. The number of aromatic hydroxyl groups is 8. The Morgan fingerprint density at radius 2 is 0.545 bits per heavy atom. The van der Waals surface area contributed by atoms with Crippen LogP contribution in [-0.4, -0.2) is 40.9 Å². The third-order valence-electron chi connectivity index (χ3n) is 3.52. The smallest absolute Gasteiger partial charge is 0.170 e. The Morgan fingerprint density at radius 3 is 0.727 bits per heavy atom. The summed E-state index contributed by atoms with van der Waals surface area (Å²) in [7, 11) is 0. The van der Waals surface area contributed by atoms with Gasteiger partial charge in [0.05, 0.1) is 11.1 Å². The summed E-state index contributed by atoms with van der Waals surface area (Å²) in [5.41, 5.74) is -1.97. The van der Waals surface area contributed by atoms with Crippen LogP contribution in [0.25, 0.3) is 11.1 Å². The van der Waals surface area contributed by atoms with E-state index in [9.17, 15) is 40.9 Å². The highest BCUT2D eigenvalue weighted by Gasteiger charge is 2.30. The highest BCUT2D eigenvalue weighted by atomic mass is 16.3. The molecule has 0 amide bonds. The Balaban J connectivity index is 3.03. The van der Waals surface area contributed by atoms with Gasteiger partial charge in [-0.3, -0.25) is 0 Å². The first-order valence-corrected chi connectivity index (χ1v) is 6.04. The standard InChI is InChI=1S/C14H14O8/c1-3-7(15)11(19)5(12(20)8(3)16)6-13(21)9(17)4(2)10(18)14(6)22/h15-22H,1-2H3. The van der Waals surface area contributed by atoms with Crippen LogP contribution < -0.4 is 0 Å². The molecule has 0 aromatic heterocycles. The van der Waals surface area contributed by atoms with Crippen LogP contribution in [0.2, 0.25) is 0 Å². The van der Waals surface area contributed by atoms with E-state index in [1.807, 2.05) is 0 Å². The molecular weight excluding hydrogens is 296 g/mol. The first-order valence-electron chi connectivity index (χ1n) is 6.04. The van der Waals surface area contributed by atoms with Crippen molar-refractivity contribution in [1.29, 1.82) is 0 Å². The molecule has 0 unspecified atom stereocenters. The molecule has 2 aromatic rings. The zero-order valence-electron chi connectivity index (χ0n) is 11.6. The van der Waals surface area contributed by atoms with Gasteiger partial charge < -0.3 is 40.9 Å². The van der Waals surface area contributed by atoms with Crippen LogP contribution >= 0.6 is 0 Å². The van der Waals surface area contributed by atoms with Crippen LogP contribution in [0.5, 0.6) is 46.0 Å². The van der Waals surface area contributed by atoms with E-state index in [1.165, 1.54) is 13.8 Å². The fourth-order valence-corrected chi connectivity index (χ4v) is 2.11. The lowest BCUT2D eigenvalue weighted by Crippen LogP contribution is -1.90. The van der Waals surface area contributed by atoms with E-state index in [-0.39, 0.29) is 11.1 Å². The lowest BCUT2D eigenvalue weighted by molar-refractivity contribution is 0.362. The van der Waals surface area contributed by atoms with Crippen LogP contribution in [0.4, 0.5) is 0 Å². The van der Waals surface area contributed by atoms with Gasteiger partial charge in [-0.25, -0.2) is 0 Å². The van der Waals surface area contributed by atoms with Crippen LogP contribution in [-0.2, 0) is 0 Å². The fourth-order valence-electron chi connectivity index (χ4n) is 2.11. The molecule has 0 saturated heterocycles. The van der Waals surface area contributed by atoms with Crippen molar-refractivity contribution in [3.8, 4) is 57.1 Å². The maximum absolute atomic E-state index is 9.93. The highest BCUT2D eigenvalue weighted by molar-refractivity contribution is 5.92. The first-order chi connectivity index (χ1) is 10.1. The zero-order valence-corrected chi connectivity index (χ0v) is 11.6. The first kappa shape index (κ1) is 15.2. The SMILES string of the molecule is Cc1c(O)c(O)c(-c2c(O)c(O)c(C)c(O)c2O)c(O)c1O. The Labute approximate surface area is 124 Å². The second-order valence-corrected chi connectivity index (χ2v) is 4.79. The molecular formula is C14H14O8. The Kier molecular flexibility index (Phi) is 3.25. The lowest BCUT2D eigenvalue weighted by atomic mass is 9.95. The number of benzene rings is 2. The van der Waals surface area contributed by atoms with E-state index in [2.05, 4.69) is 0 Å². The quantitative estimate of drug-likeness (QED) is 0.291. The van der Waals surface area contributed by atoms with E-state index in [0.717, 1.165) is 0 Å². The molecule has 0 radical (unpaired) electrons. The minimum absolute atomic E-state index is 0.238. The molecule has 8 N–H and O–H groups in total. The third kappa shape index (κ3) is 1.77. The van der Waals surface area contributed by atoms with Crippen molar-refractivity contribution in [2.75, 3.05) is 0 Å². The normalized spacial score (nSPS) is 10.8. The van der Waals surface area contributed by atoms with Gasteiger partial charge in [0, 0.05) is 11.1 Å². The second kappa shape index (κ2) is 4.69. The summed E-state index contributed by atoms with van der Waals surface area (Å²) in [6, 6.07) is 0. The van der Waals surface area contributed by atoms with Gasteiger partial charge in [0.1, 0.15) is 0 Å². The molecule has 0 bridgehead atoms. The monoisotopic (exact) mass is 310 g/mol. The van der Waals surface area contributed by atoms with Crippen LogP contribution in [0.1, 0.15) is 11.1 Å². The summed E-state index contributed by atoms with van der Waals surface area (Å²) >= 11 is 0. The van der Waals surface area contributed by atoms with Crippen molar-refractivity contribution in [2.24, 2.45) is 0 Å². The van der Waals surface area contributed by atoms with Crippen molar-refractivity contribution >= 4 is 0 Å². The molecule has 2 rings (SSSR count). The van der Waals surface area contributed by atoms with Crippen molar-refractivity contribution in [2.45, 2.75) is 13.8 Å². The molecule has 8 heteroatoms. The summed E-state index contributed by atoms with van der Waals surface area (Å²) in [6.07, 6.45) is 0. The van der Waals surface area contributed by atoms with Crippen LogP contribution in [0, 0.1) is 13.8 Å². The van der Waals surface area contributed by atoms with Gasteiger partial charge in [-0.15, -0.1) is 0 Å². The van der Waals surface area contributed by atoms with Gasteiger partial charge in [-0.05, 0) is 13.8 Å². The summed E-state index contributed by atoms with van der Waals surface area (Å²) in [5.74, 6) is -7.04. The zero-order chi connectivity index (χ0) is 16.9. The van der Waals surface area contributed by atoms with E-state index in [4.69, 9.17) is 0 Å². The van der Waals surface area contributed by atoms with Gasteiger partial charge in [-0.1, -0.05) is 0 Å². The molecule has 2 aromatic carbocycles. The molecule has 0 aliphatic carbocycles. The predicted molar refractivity (Wildman–Crippen MR) is 74.7 cm³/mol. The summed E-state index contributed by atoms with van der Waals surface area (Å²) < 4.78 is 0. The Morgan fingerprint density at radius 1 is 0.364 bits per heavy atom. The number of phenols is 8. The average Bonchev–Trinajstić information content (AvgIpc) is 2.50. The van der Waals surface area contributed by atoms with Crippen LogP contribution in [0.15, 0.2) is 0 Å². The maximum atomic E-state index is 9.93. The van der Waals surface area contributed by atoms with Gasteiger partial charge in [0.15, 0.2) is 46.0 Å². The molecule has 0 saturated carbocycles. The van der Waals surface area contributed by atoms with Crippen molar-refractivity contribution in [3.63, 3.8) is 0 Å². The molecule has 0 spiro atoms. The lowest BCUT2D eigenvalue weighted by Gasteiger charge is -2.17. The van der Waals surface area contributed by atoms with E-state index in [1.54, 1.807) is 0 Å². The highest BCUT2D eigenvalue weighted by Crippen LogP contribution is 2.58. The summed E-state index contributed by atoms with van der Waals surface area (Å²) in [5, 5.41) is 78.6. The molecule has 8 nitrogen and oxygen atoms in total. The molecule has 118 valence electrons. The number of hydrogen-bond acceptors (Lipinski definition) is 8. The van der Waals surface area contributed by atoms with Gasteiger partial charge in [0.25, 0.3) is 0 Å². The summed E-state index contributed by atoms with van der Waals surface area (Å²) in [6.45, 7) is 2.41. The maximum Gasteiger partial charge on any atom is 0.170 e. The molecule has 0 aliphatic rings. The largest absolute Gasteiger partial charge is 0.504 e. The van der Waals surface area contributed by atoms with Crippen molar-refractivity contribution in [1.82, 2.24) is 0 Å². The van der Waals surface area contributed by atoms with Gasteiger partial charge in [-0.2, -0.15) is 0 Å². The second-order valence-electron chi connectivity index (χ2n) is 4.79. The molecule has 22 heavy (non-hydrogen) atoms. The minimum Gasteiger partial charge on any atom is -0.504 e. The van der Waals surface area contributed by atoms with Gasteiger partial charge >= 0.3 is 0 Å². The molecule has 0 atom stereocenters. The fraction of sp³-hybridized carbons (Fsp3) is 0.143. The molecule has 0 heterocycles. The minimum atomic E-state index is -0.957. The van der Waals surface area contributed by atoms with Gasteiger partial charge in [0.2, 0.25) is 0 Å².